The molecule has 1 atom stereocenters. The van der Waals surface area contributed by atoms with Crippen molar-refractivity contribution in [1.82, 2.24) is 5.32 Å². The van der Waals surface area contributed by atoms with Crippen molar-refractivity contribution in [3.8, 4) is 11.8 Å². The van der Waals surface area contributed by atoms with Gasteiger partial charge in [0, 0.05) is 24.6 Å². The Morgan fingerprint density at radius 1 is 1.40 bits per heavy atom. The molecule has 2 rings (SSSR count). The molecule has 0 aliphatic heterocycles. The predicted octanol–water partition coefficient (Wildman–Crippen LogP) is 3.74. The lowest BCUT2D eigenvalue weighted by molar-refractivity contribution is 0.122. The fraction of sp³-hybridized carbons (Fsp3) is 0.267. The van der Waals surface area contributed by atoms with Crippen LogP contribution in [0.5, 0.6) is 5.75 Å². The summed E-state index contributed by atoms with van der Waals surface area (Å²) in [7, 11) is 1.86. The SMILES string of the molecule is CNCC1(Oc2ccc(Cl)c(Cl)c2)C=CC(C#N)=CC1. The van der Waals surface area contributed by atoms with Gasteiger partial charge in [-0.2, -0.15) is 5.26 Å². The Balaban J connectivity index is 2.23. The van der Waals surface area contributed by atoms with Crippen molar-refractivity contribution in [3.05, 3.63) is 52.0 Å². The number of nitrogens with one attached hydrogen (secondary N) is 1. The van der Waals surface area contributed by atoms with E-state index in [0.717, 1.165) is 0 Å². The zero-order chi connectivity index (χ0) is 14.6. The molecular weight excluding hydrogens is 295 g/mol. The summed E-state index contributed by atoms with van der Waals surface area (Å²) in [4.78, 5) is 0. The number of nitriles is 1. The summed E-state index contributed by atoms with van der Waals surface area (Å²) in [5.41, 5.74) is 0.126. The van der Waals surface area contributed by atoms with E-state index in [1.54, 1.807) is 24.3 Å². The van der Waals surface area contributed by atoms with E-state index in [0.29, 0.717) is 34.3 Å². The van der Waals surface area contributed by atoms with E-state index in [9.17, 15) is 0 Å². The standard InChI is InChI=1S/C15H14Cl2N2O/c1-19-10-15(6-4-11(9-18)5-7-15)20-12-2-3-13(16)14(17)8-12/h2-6,8,19H,7,10H2,1H3. The maximum atomic E-state index is 8.89. The smallest absolute Gasteiger partial charge is 0.143 e. The Morgan fingerprint density at radius 3 is 2.75 bits per heavy atom. The van der Waals surface area contributed by atoms with Crippen molar-refractivity contribution < 1.29 is 4.74 Å². The highest BCUT2D eigenvalue weighted by atomic mass is 35.5. The summed E-state index contributed by atoms with van der Waals surface area (Å²) in [6.45, 7) is 0.624. The molecule has 104 valence electrons. The molecule has 1 aromatic rings. The maximum absolute atomic E-state index is 8.89. The van der Waals surface area contributed by atoms with Crippen LogP contribution in [0.2, 0.25) is 10.0 Å². The predicted molar refractivity (Wildman–Crippen MR) is 81.2 cm³/mol. The molecule has 0 fully saturated rings. The number of ether oxygens (including phenoxy) is 1. The average Bonchev–Trinajstić information content (AvgIpc) is 2.44. The van der Waals surface area contributed by atoms with Gasteiger partial charge in [-0.25, -0.2) is 0 Å². The first-order valence-corrected chi connectivity index (χ1v) is 6.92. The van der Waals surface area contributed by atoms with Crippen LogP contribution < -0.4 is 10.1 Å². The third-order valence-corrected chi connectivity index (χ3v) is 3.79. The minimum Gasteiger partial charge on any atom is -0.481 e. The van der Waals surface area contributed by atoms with E-state index >= 15 is 0 Å². The second-order valence-corrected chi connectivity index (χ2v) is 5.40. The van der Waals surface area contributed by atoms with Crippen molar-refractivity contribution in [1.29, 1.82) is 5.26 Å². The molecule has 0 aromatic heterocycles. The summed E-state index contributed by atoms with van der Waals surface area (Å²) >= 11 is 11.9. The van der Waals surface area contributed by atoms with Crippen LogP contribution >= 0.6 is 23.2 Å². The highest BCUT2D eigenvalue weighted by Crippen LogP contribution is 2.31. The number of allylic oxidation sites excluding steroid dienone is 2. The van der Waals surface area contributed by atoms with E-state index in [2.05, 4.69) is 11.4 Å². The highest BCUT2D eigenvalue weighted by Gasteiger charge is 2.30. The Labute approximate surface area is 128 Å². The Hall–Kier alpha value is -1.47. The molecule has 1 aliphatic carbocycles. The van der Waals surface area contributed by atoms with Crippen LogP contribution in [-0.2, 0) is 0 Å². The van der Waals surface area contributed by atoms with Crippen LogP contribution in [-0.4, -0.2) is 19.2 Å². The molecule has 1 aliphatic rings. The molecule has 0 spiro atoms. The number of likely N-dealkylation sites (N-methyl/N-ethyl adjacent to an activating group) is 1. The van der Waals surface area contributed by atoms with Gasteiger partial charge >= 0.3 is 0 Å². The Morgan fingerprint density at radius 2 is 2.20 bits per heavy atom. The third-order valence-electron chi connectivity index (χ3n) is 3.05. The lowest BCUT2D eigenvalue weighted by Crippen LogP contribution is -2.43. The summed E-state index contributed by atoms with van der Waals surface area (Å²) < 4.78 is 6.07. The van der Waals surface area contributed by atoms with Crippen LogP contribution in [0.4, 0.5) is 0 Å². The van der Waals surface area contributed by atoms with E-state index in [1.807, 2.05) is 19.2 Å². The van der Waals surface area contributed by atoms with Crippen molar-refractivity contribution in [2.45, 2.75) is 12.0 Å². The van der Waals surface area contributed by atoms with Crippen LogP contribution in [0.1, 0.15) is 6.42 Å². The average molecular weight is 309 g/mol. The van der Waals surface area contributed by atoms with E-state index in [-0.39, 0.29) is 0 Å². The maximum Gasteiger partial charge on any atom is 0.143 e. The first kappa shape index (κ1) is 14.9. The molecule has 0 radical (unpaired) electrons. The van der Waals surface area contributed by atoms with Crippen LogP contribution in [0.25, 0.3) is 0 Å². The second-order valence-electron chi connectivity index (χ2n) is 4.58. The first-order chi connectivity index (χ1) is 9.58. The minimum atomic E-state index is -0.522. The molecule has 5 heteroatoms. The van der Waals surface area contributed by atoms with Gasteiger partial charge in [0.2, 0.25) is 0 Å². The monoisotopic (exact) mass is 308 g/mol. The molecule has 0 bridgehead atoms. The lowest BCUT2D eigenvalue weighted by Gasteiger charge is -2.32. The van der Waals surface area contributed by atoms with Gasteiger partial charge in [-0.3, -0.25) is 0 Å². The summed E-state index contributed by atoms with van der Waals surface area (Å²) in [6.07, 6.45) is 6.17. The molecule has 20 heavy (non-hydrogen) atoms. The van der Waals surface area contributed by atoms with Crippen LogP contribution in [0, 0.1) is 11.3 Å². The van der Waals surface area contributed by atoms with E-state index < -0.39 is 5.60 Å². The van der Waals surface area contributed by atoms with Crippen molar-refractivity contribution in [2.24, 2.45) is 0 Å². The zero-order valence-corrected chi connectivity index (χ0v) is 12.5. The molecule has 1 unspecified atom stereocenters. The molecule has 3 nitrogen and oxygen atoms in total. The van der Waals surface area contributed by atoms with Crippen LogP contribution in [0.15, 0.2) is 42.0 Å². The second kappa shape index (κ2) is 6.32. The summed E-state index contributed by atoms with van der Waals surface area (Å²) in [5.74, 6) is 0.646. The van der Waals surface area contributed by atoms with Gasteiger partial charge in [0.25, 0.3) is 0 Å². The van der Waals surface area contributed by atoms with Gasteiger partial charge < -0.3 is 10.1 Å². The van der Waals surface area contributed by atoms with Gasteiger partial charge in [0.05, 0.1) is 16.1 Å². The Bertz CT molecular complexity index is 604. The van der Waals surface area contributed by atoms with E-state index in [4.69, 9.17) is 33.2 Å². The fourth-order valence-corrected chi connectivity index (χ4v) is 2.35. The minimum absolute atomic E-state index is 0.455. The molecule has 0 saturated carbocycles. The van der Waals surface area contributed by atoms with Gasteiger partial charge in [-0.05, 0) is 31.3 Å². The number of hydrogen-bond donors (Lipinski definition) is 1. The number of rotatable bonds is 4. The van der Waals surface area contributed by atoms with Gasteiger partial charge in [0.1, 0.15) is 11.4 Å². The highest BCUT2D eigenvalue weighted by molar-refractivity contribution is 6.42. The Kier molecular flexibility index (Phi) is 4.72. The topological polar surface area (TPSA) is 45.0 Å². The summed E-state index contributed by atoms with van der Waals surface area (Å²) in [6, 6.07) is 7.30. The fourth-order valence-electron chi connectivity index (χ4n) is 2.06. The normalized spacial score (nSPS) is 21.2. The molecule has 0 heterocycles. The van der Waals surface area contributed by atoms with Crippen molar-refractivity contribution in [2.75, 3.05) is 13.6 Å². The molecule has 0 saturated heterocycles. The number of halogens is 2. The number of nitrogens with zero attached hydrogens (tertiary/aromatic N) is 1. The van der Waals surface area contributed by atoms with Crippen molar-refractivity contribution >= 4 is 23.2 Å². The number of hydrogen-bond acceptors (Lipinski definition) is 3. The van der Waals surface area contributed by atoms with E-state index in [1.165, 1.54) is 0 Å². The number of benzene rings is 1. The molecule has 0 amide bonds. The molecule has 1 N–H and O–H groups in total. The zero-order valence-electron chi connectivity index (χ0n) is 11.0. The van der Waals surface area contributed by atoms with Gasteiger partial charge in [0.15, 0.2) is 0 Å². The van der Waals surface area contributed by atoms with Crippen molar-refractivity contribution in [3.63, 3.8) is 0 Å². The first-order valence-electron chi connectivity index (χ1n) is 6.17. The molecule has 1 aromatic carbocycles. The summed E-state index contributed by atoms with van der Waals surface area (Å²) in [5, 5.41) is 12.9. The van der Waals surface area contributed by atoms with Gasteiger partial charge in [-0.1, -0.05) is 29.3 Å². The van der Waals surface area contributed by atoms with Gasteiger partial charge in [-0.15, -0.1) is 0 Å². The third kappa shape index (κ3) is 3.34. The quantitative estimate of drug-likeness (QED) is 0.921. The van der Waals surface area contributed by atoms with Crippen LogP contribution in [0.3, 0.4) is 0 Å². The molecular formula is C15H14Cl2N2O. The largest absolute Gasteiger partial charge is 0.481 e. The lowest BCUT2D eigenvalue weighted by atomic mass is 9.92.